The molecule has 2 rings (SSSR count). The Morgan fingerprint density at radius 1 is 1.33 bits per heavy atom. The Labute approximate surface area is 143 Å². The van der Waals surface area contributed by atoms with Crippen molar-refractivity contribution >= 4 is 15.9 Å². The molecule has 24 heavy (non-hydrogen) atoms. The van der Waals surface area contributed by atoms with E-state index in [9.17, 15) is 17.6 Å². The monoisotopic (exact) mass is 356 g/mol. The molecule has 1 heterocycles. The maximum Gasteiger partial charge on any atom is 0.224 e. The van der Waals surface area contributed by atoms with Crippen LogP contribution in [0.5, 0.6) is 0 Å². The highest BCUT2D eigenvalue weighted by Gasteiger charge is 2.31. The summed E-state index contributed by atoms with van der Waals surface area (Å²) in [6.45, 7) is 2.94. The summed E-state index contributed by atoms with van der Waals surface area (Å²) >= 11 is 0. The third-order valence-electron chi connectivity index (χ3n) is 4.37. The molecule has 0 radical (unpaired) electrons. The quantitative estimate of drug-likeness (QED) is 0.759. The number of halogens is 1. The molecule has 0 aliphatic carbocycles. The molecule has 0 saturated carbocycles. The van der Waals surface area contributed by atoms with E-state index in [2.05, 4.69) is 5.32 Å². The Hall–Kier alpha value is -1.47. The van der Waals surface area contributed by atoms with Gasteiger partial charge in [0.05, 0.1) is 11.7 Å². The maximum absolute atomic E-state index is 12.8. The number of aryl methyl sites for hydroxylation is 1. The van der Waals surface area contributed by atoms with Crippen LogP contribution in [-0.4, -0.2) is 44.0 Å². The Morgan fingerprint density at radius 2 is 2.04 bits per heavy atom. The van der Waals surface area contributed by atoms with E-state index in [0.717, 1.165) is 24.8 Å². The molecular formula is C17H25FN2O3S. The standard InChI is InChI=1S/C17H25FN2O3S/c1-2-24(22,23)20-12-4-6-15(13-20)17(21)19-11-3-5-14-7-9-16(18)10-8-14/h7-10,15H,2-6,11-13H2,1H3,(H,19,21)/t15-/m1/s1. The lowest BCUT2D eigenvalue weighted by Gasteiger charge is -2.30. The Morgan fingerprint density at radius 3 is 2.71 bits per heavy atom. The molecule has 1 aromatic rings. The minimum Gasteiger partial charge on any atom is -0.356 e. The summed E-state index contributed by atoms with van der Waals surface area (Å²) < 4.78 is 38.1. The molecule has 1 saturated heterocycles. The lowest BCUT2D eigenvalue weighted by molar-refractivity contribution is -0.126. The lowest BCUT2D eigenvalue weighted by Crippen LogP contribution is -2.46. The molecule has 1 aliphatic rings. The average molecular weight is 356 g/mol. The second kappa shape index (κ2) is 8.58. The molecule has 5 nitrogen and oxygen atoms in total. The molecule has 1 fully saturated rings. The van der Waals surface area contributed by atoms with Crippen molar-refractivity contribution in [3.05, 3.63) is 35.6 Å². The Bertz CT molecular complexity index is 646. The number of carbonyl (C=O) groups is 1. The minimum atomic E-state index is -3.23. The smallest absolute Gasteiger partial charge is 0.224 e. The van der Waals surface area contributed by atoms with Gasteiger partial charge in [0.1, 0.15) is 5.82 Å². The highest BCUT2D eigenvalue weighted by Crippen LogP contribution is 2.19. The van der Waals surface area contributed by atoms with Gasteiger partial charge in [-0.2, -0.15) is 0 Å². The van der Waals surface area contributed by atoms with Gasteiger partial charge in [-0.15, -0.1) is 0 Å². The summed E-state index contributed by atoms with van der Waals surface area (Å²) in [5.74, 6) is -0.536. The van der Waals surface area contributed by atoms with E-state index in [1.165, 1.54) is 16.4 Å². The number of hydrogen-bond donors (Lipinski definition) is 1. The summed E-state index contributed by atoms with van der Waals surface area (Å²) in [4.78, 5) is 12.2. The zero-order valence-corrected chi connectivity index (χ0v) is 14.8. The summed E-state index contributed by atoms with van der Waals surface area (Å²) in [6, 6.07) is 6.34. The van der Waals surface area contributed by atoms with Crippen molar-refractivity contribution < 1.29 is 17.6 Å². The number of benzene rings is 1. The van der Waals surface area contributed by atoms with Crippen LogP contribution in [0.3, 0.4) is 0 Å². The van der Waals surface area contributed by atoms with Crippen molar-refractivity contribution in [3.8, 4) is 0 Å². The van der Waals surface area contributed by atoms with E-state index in [4.69, 9.17) is 0 Å². The van der Waals surface area contributed by atoms with Crippen molar-refractivity contribution in [3.63, 3.8) is 0 Å². The van der Waals surface area contributed by atoms with Gasteiger partial charge in [-0.1, -0.05) is 12.1 Å². The minimum absolute atomic E-state index is 0.0685. The lowest BCUT2D eigenvalue weighted by atomic mass is 9.99. The first-order valence-corrected chi connectivity index (χ1v) is 10.0. The molecule has 1 aliphatic heterocycles. The third-order valence-corrected chi connectivity index (χ3v) is 6.22. The molecule has 0 spiro atoms. The predicted octanol–water partition coefficient (Wildman–Crippen LogP) is 1.94. The molecule has 0 unspecified atom stereocenters. The molecule has 1 N–H and O–H groups in total. The first-order chi connectivity index (χ1) is 11.4. The van der Waals surface area contributed by atoms with Crippen LogP contribution in [0, 0.1) is 11.7 Å². The van der Waals surface area contributed by atoms with Crippen LogP contribution in [0.25, 0.3) is 0 Å². The summed E-state index contributed by atoms with van der Waals surface area (Å²) in [7, 11) is -3.23. The molecule has 1 amide bonds. The molecule has 0 aromatic heterocycles. The van der Waals surface area contributed by atoms with Gasteiger partial charge in [0.15, 0.2) is 0 Å². The van der Waals surface area contributed by atoms with E-state index in [1.54, 1.807) is 19.1 Å². The fourth-order valence-electron chi connectivity index (χ4n) is 2.89. The molecule has 7 heteroatoms. The fraction of sp³-hybridized carbons (Fsp3) is 0.588. The van der Waals surface area contributed by atoms with Gasteiger partial charge in [-0.05, 0) is 50.3 Å². The van der Waals surface area contributed by atoms with Crippen molar-refractivity contribution in [2.75, 3.05) is 25.4 Å². The van der Waals surface area contributed by atoms with E-state index in [-0.39, 0.29) is 29.9 Å². The van der Waals surface area contributed by atoms with Gasteiger partial charge >= 0.3 is 0 Å². The van der Waals surface area contributed by atoms with Crippen molar-refractivity contribution in [1.82, 2.24) is 9.62 Å². The number of amides is 1. The van der Waals surface area contributed by atoms with Crippen LogP contribution in [0.4, 0.5) is 4.39 Å². The number of piperidine rings is 1. The van der Waals surface area contributed by atoms with Gasteiger partial charge in [-0.25, -0.2) is 17.1 Å². The van der Waals surface area contributed by atoms with E-state index in [1.807, 2.05) is 0 Å². The first-order valence-electron chi connectivity index (χ1n) is 8.42. The first kappa shape index (κ1) is 18.9. The Balaban J connectivity index is 1.75. The molecule has 1 atom stereocenters. The van der Waals surface area contributed by atoms with Crippen molar-refractivity contribution in [2.24, 2.45) is 5.92 Å². The van der Waals surface area contributed by atoms with Crippen LogP contribution in [-0.2, 0) is 21.2 Å². The highest BCUT2D eigenvalue weighted by molar-refractivity contribution is 7.89. The van der Waals surface area contributed by atoms with Crippen LogP contribution in [0.2, 0.25) is 0 Å². The molecule has 0 bridgehead atoms. The van der Waals surface area contributed by atoms with Crippen molar-refractivity contribution in [2.45, 2.75) is 32.6 Å². The van der Waals surface area contributed by atoms with Crippen LogP contribution < -0.4 is 5.32 Å². The topological polar surface area (TPSA) is 66.5 Å². The largest absolute Gasteiger partial charge is 0.356 e. The summed E-state index contributed by atoms with van der Waals surface area (Å²) in [6.07, 6.45) is 2.97. The fourth-order valence-corrected chi connectivity index (χ4v) is 4.07. The van der Waals surface area contributed by atoms with Crippen LogP contribution in [0.15, 0.2) is 24.3 Å². The third kappa shape index (κ3) is 5.27. The molecular weight excluding hydrogens is 331 g/mol. The zero-order chi connectivity index (χ0) is 17.6. The predicted molar refractivity (Wildman–Crippen MR) is 91.5 cm³/mol. The van der Waals surface area contributed by atoms with E-state index >= 15 is 0 Å². The Kier molecular flexibility index (Phi) is 6.74. The molecule has 134 valence electrons. The second-order valence-corrected chi connectivity index (χ2v) is 8.38. The van der Waals surface area contributed by atoms with E-state index < -0.39 is 10.0 Å². The van der Waals surface area contributed by atoms with Gasteiger partial charge in [0, 0.05) is 19.6 Å². The number of carbonyl (C=O) groups excluding carboxylic acids is 1. The van der Waals surface area contributed by atoms with Crippen LogP contribution >= 0.6 is 0 Å². The zero-order valence-electron chi connectivity index (χ0n) is 14.0. The number of nitrogens with zero attached hydrogens (tertiary/aromatic N) is 1. The average Bonchev–Trinajstić information content (AvgIpc) is 2.60. The van der Waals surface area contributed by atoms with Gasteiger partial charge in [0.25, 0.3) is 0 Å². The number of nitrogens with one attached hydrogen (secondary N) is 1. The SMILES string of the molecule is CCS(=O)(=O)N1CCC[C@@H](C(=O)NCCCc2ccc(F)cc2)C1. The normalized spacial score (nSPS) is 19.2. The second-order valence-electron chi connectivity index (χ2n) is 6.12. The molecule has 1 aromatic carbocycles. The number of rotatable bonds is 7. The van der Waals surface area contributed by atoms with E-state index in [0.29, 0.717) is 19.5 Å². The maximum atomic E-state index is 12.8. The summed E-state index contributed by atoms with van der Waals surface area (Å²) in [5, 5.41) is 2.89. The number of hydrogen-bond acceptors (Lipinski definition) is 3. The van der Waals surface area contributed by atoms with Crippen molar-refractivity contribution in [1.29, 1.82) is 0 Å². The summed E-state index contributed by atoms with van der Waals surface area (Å²) in [5.41, 5.74) is 1.03. The van der Waals surface area contributed by atoms with Gasteiger partial charge in [0.2, 0.25) is 15.9 Å². The van der Waals surface area contributed by atoms with Crippen LogP contribution in [0.1, 0.15) is 31.7 Å². The van der Waals surface area contributed by atoms with Gasteiger partial charge in [-0.3, -0.25) is 4.79 Å². The highest BCUT2D eigenvalue weighted by atomic mass is 32.2. The number of sulfonamides is 1. The van der Waals surface area contributed by atoms with Gasteiger partial charge < -0.3 is 5.32 Å².